The van der Waals surface area contributed by atoms with Crippen molar-refractivity contribution in [3.05, 3.63) is 35.2 Å². The highest BCUT2D eigenvalue weighted by Crippen LogP contribution is 2.22. The summed E-state index contributed by atoms with van der Waals surface area (Å²) in [5, 5.41) is 0. The van der Waals surface area contributed by atoms with Gasteiger partial charge >= 0.3 is 5.97 Å². The Morgan fingerprint density at radius 2 is 1.92 bits per heavy atom. The van der Waals surface area contributed by atoms with Crippen molar-refractivity contribution >= 4 is 17.7 Å². The minimum absolute atomic E-state index is 0.118. The molecule has 0 fully saturated rings. The maximum atomic E-state index is 12.9. The highest BCUT2D eigenvalue weighted by molar-refractivity contribution is 6.06. The number of aryl methyl sites for hydroxylation is 1. The van der Waals surface area contributed by atoms with Crippen LogP contribution < -0.4 is 0 Å². The number of H-pyrrole nitrogens is 1. The quantitative estimate of drug-likeness (QED) is 0.450. The largest absolute Gasteiger partial charge is 0.461 e. The van der Waals surface area contributed by atoms with Gasteiger partial charge in [0.1, 0.15) is 5.69 Å². The van der Waals surface area contributed by atoms with Crippen molar-refractivity contribution < 1.29 is 19.1 Å². The topological polar surface area (TPSA) is 79.5 Å². The first-order valence-electron chi connectivity index (χ1n) is 8.10. The number of ether oxygens (including phenoxy) is 1. The average molecular weight is 334 g/mol. The van der Waals surface area contributed by atoms with Crippen LogP contribution >= 0.6 is 0 Å². The Labute approximate surface area is 142 Å². The summed E-state index contributed by atoms with van der Waals surface area (Å²) in [4.78, 5) is 41.4. The molecular formula is C18H26N2O4. The highest BCUT2D eigenvalue weighted by atomic mass is 16.5. The van der Waals surface area contributed by atoms with Crippen LogP contribution in [0.25, 0.3) is 0 Å². The van der Waals surface area contributed by atoms with Gasteiger partial charge < -0.3 is 14.6 Å². The van der Waals surface area contributed by atoms with E-state index in [9.17, 15) is 14.4 Å². The van der Waals surface area contributed by atoms with E-state index in [0.29, 0.717) is 29.8 Å². The first-order valence-corrected chi connectivity index (χ1v) is 8.10. The molecule has 0 aromatic carbocycles. The fourth-order valence-corrected chi connectivity index (χ4v) is 2.70. The number of nitrogens with zero attached hydrogens (tertiary/aromatic N) is 1. The number of aromatic nitrogens is 1. The van der Waals surface area contributed by atoms with E-state index in [1.54, 1.807) is 40.7 Å². The summed E-state index contributed by atoms with van der Waals surface area (Å²) in [5.41, 5.74) is 1.85. The molecule has 1 atom stereocenters. The Hall–Kier alpha value is -2.37. The summed E-state index contributed by atoms with van der Waals surface area (Å²) in [6.45, 7) is 12.8. The van der Waals surface area contributed by atoms with Crippen LogP contribution in [0.4, 0.5) is 0 Å². The van der Waals surface area contributed by atoms with E-state index in [2.05, 4.69) is 11.6 Å². The molecule has 0 aliphatic rings. The van der Waals surface area contributed by atoms with Gasteiger partial charge in [-0.3, -0.25) is 9.59 Å². The number of hydrogen-bond donors (Lipinski definition) is 1. The maximum absolute atomic E-state index is 12.9. The molecule has 1 aromatic heterocycles. The summed E-state index contributed by atoms with van der Waals surface area (Å²) in [7, 11) is 0. The molecule has 0 bridgehead atoms. The van der Waals surface area contributed by atoms with Crippen LogP contribution in [0, 0.1) is 13.8 Å². The lowest BCUT2D eigenvalue weighted by Gasteiger charge is -2.27. The zero-order valence-electron chi connectivity index (χ0n) is 15.1. The molecule has 132 valence electrons. The standard InChI is InChI=1S/C18H26N2O4/c1-7-10-20(14(21)8-2)13(6)17(22)15-11(4)16(19-12(15)5)18(23)24-9-3/h7,13,19H,1,8-10H2,2-6H3/t13-/m1/s1. The van der Waals surface area contributed by atoms with Gasteiger partial charge in [-0.25, -0.2) is 4.79 Å². The number of carbonyl (C=O) groups is 3. The highest BCUT2D eigenvalue weighted by Gasteiger charge is 2.30. The Bertz CT molecular complexity index is 646. The van der Waals surface area contributed by atoms with Crippen molar-refractivity contribution in [2.75, 3.05) is 13.2 Å². The van der Waals surface area contributed by atoms with Gasteiger partial charge in [0.15, 0.2) is 5.78 Å². The van der Waals surface area contributed by atoms with Crippen LogP contribution in [0.1, 0.15) is 59.3 Å². The third kappa shape index (κ3) is 3.93. The van der Waals surface area contributed by atoms with Crippen molar-refractivity contribution in [1.82, 2.24) is 9.88 Å². The molecule has 1 amide bonds. The monoisotopic (exact) mass is 334 g/mol. The van der Waals surface area contributed by atoms with E-state index in [4.69, 9.17) is 4.74 Å². The molecule has 1 rings (SSSR count). The minimum atomic E-state index is -0.640. The van der Waals surface area contributed by atoms with Gasteiger partial charge in [-0.1, -0.05) is 13.0 Å². The van der Waals surface area contributed by atoms with Crippen molar-refractivity contribution in [3.8, 4) is 0 Å². The molecular weight excluding hydrogens is 308 g/mol. The van der Waals surface area contributed by atoms with Gasteiger partial charge in [-0.05, 0) is 33.3 Å². The van der Waals surface area contributed by atoms with E-state index in [0.717, 1.165) is 0 Å². The zero-order valence-corrected chi connectivity index (χ0v) is 15.1. The number of amides is 1. The molecule has 1 N–H and O–H groups in total. The number of esters is 1. The summed E-state index contributed by atoms with van der Waals surface area (Å²) in [6.07, 6.45) is 1.91. The fraction of sp³-hybridized carbons (Fsp3) is 0.500. The zero-order chi connectivity index (χ0) is 18.4. The molecule has 6 nitrogen and oxygen atoms in total. The maximum Gasteiger partial charge on any atom is 0.355 e. The Morgan fingerprint density at radius 3 is 2.42 bits per heavy atom. The molecule has 0 radical (unpaired) electrons. The molecule has 24 heavy (non-hydrogen) atoms. The Kier molecular flexibility index (Phi) is 6.95. The van der Waals surface area contributed by atoms with Crippen LogP contribution in [0.3, 0.4) is 0 Å². The van der Waals surface area contributed by atoms with E-state index >= 15 is 0 Å². The third-order valence-corrected chi connectivity index (χ3v) is 3.96. The predicted octanol–water partition coefficient (Wildman–Crippen LogP) is 2.80. The molecule has 0 aliphatic heterocycles. The Morgan fingerprint density at radius 1 is 1.29 bits per heavy atom. The SMILES string of the molecule is C=CCN(C(=O)CC)[C@H](C)C(=O)c1c(C)[nH]c(C(=O)OCC)c1C. The van der Waals surface area contributed by atoms with Gasteiger partial charge in [0.2, 0.25) is 5.91 Å². The Balaban J connectivity index is 3.20. The van der Waals surface area contributed by atoms with Crippen molar-refractivity contribution in [2.45, 2.75) is 47.1 Å². The molecule has 0 aliphatic carbocycles. The minimum Gasteiger partial charge on any atom is -0.461 e. The first kappa shape index (κ1) is 19.7. The number of ketones is 1. The fourth-order valence-electron chi connectivity index (χ4n) is 2.70. The van der Waals surface area contributed by atoms with Crippen LogP contribution in [0.2, 0.25) is 0 Å². The van der Waals surface area contributed by atoms with E-state index < -0.39 is 12.0 Å². The van der Waals surface area contributed by atoms with Gasteiger partial charge in [-0.2, -0.15) is 0 Å². The van der Waals surface area contributed by atoms with Crippen LogP contribution in [0.15, 0.2) is 12.7 Å². The number of rotatable bonds is 8. The molecule has 1 aromatic rings. The number of carbonyl (C=O) groups excluding carboxylic acids is 3. The lowest BCUT2D eigenvalue weighted by molar-refractivity contribution is -0.131. The van der Waals surface area contributed by atoms with E-state index in [-0.39, 0.29) is 24.0 Å². The summed E-state index contributed by atoms with van der Waals surface area (Å²) < 4.78 is 5.00. The first-order chi connectivity index (χ1) is 11.3. The predicted molar refractivity (Wildman–Crippen MR) is 92.2 cm³/mol. The van der Waals surface area contributed by atoms with Crippen molar-refractivity contribution in [2.24, 2.45) is 0 Å². The second kappa shape index (κ2) is 8.47. The number of Topliss-reactive ketones (excluding diaryl/α,β-unsaturated/α-hetero) is 1. The normalized spacial score (nSPS) is 11.7. The molecule has 1 heterocycles. The van der Waals surface area contributed by atoms with Gasteiger partial charge in [-0.15, -0.1) is 6.58 Å². The lowest BCUT2D eigenvalue weighted by Crippen LogP contribution is -2.43. The van der Waals surface area contributed by atoms with Crippen LogP contribution in [-0.2, 0) is 9.53 Å². The molecule has 0 saturated heterocycles. The van der Waals surface area contributed by atoms with Gasteiger partial charge in [0, 0.05) is 24.2 Å². The number of aromatic amines is 1. The molecule has 0 spiro atoms. The molecule has 0 saturated carbocycles. The average Bonchev–Trinajstić information content (AvgIpc) is 2.85. The number of hydrogen-bond acceptors (Lipinski definition) is 4. The lowest BCUT2D eigenvalue weighted by atomic mass is 9.99. The second-order valence-corrected chi connectivity index (χ2v) is 5.57. The third-order valence-electron chi connectivity index (χ3n) is 3.96. The smallest absolute Gasteiger partial charge is 0.355 e. The number of nitrogens with one attached hydrogen (secondary N) is 1. The second-order valence-electron chi connectivity index (χ2n) is 5.57. The summed E-state index contributed by atoms with van der Waals surface area (Å²) in [5.74, 6) is -0.815. The van der Waals surface area contributed by atoms with Gasteiger partial charge in [0.25, 0.3) is 0 Å². The van der Waals surface area contributed by atoms with Crippen molar-refractivity contribution in [1.29, 1.82) is 0 Å². The molecule has 0 unspecified atom stereocenters. The van der Waals surface area contributed by atoms with Crippen LogP contribution in [0.5, 0.6) is 0 Å². The summed E-state index contributed by atoms with van der Waals surface area (Å²) >= 11 is 0. The van der Waals surface area contributed by atoms with E-state index in [1.807, 2.05) is 0 Å². The van der Waals surface area contributed by atoms with E-state index in [1.165, 1.54) is 4.90 Å². The summed E-state index contributed by atoms with van der Waals surface area (Å²) in [6, 6.07) is -0.640. The van der Waals surface area contributed by atoms with Crippen molar-refractivity contribution in [3.63, 3.8) is 0 Å². The van der Waals surface area contributed by atoms with Gasteiger partial charge in [0.05, 0.1) is 12.6 Å². The molecule has 6 heteroatoms. The van der Waals surface area contributed by atoms with Crippen LogP contribution in [-0.4, -0.2) is 46.7 Å².